The van der Waals surface area contributed by atoms with Crippen LogP contribution in [0.3, 0.4) is 0 Å². The molecule has 6 heteroatoms. The van der Waals surface area contributed by atoms with Crippen molar-refractivity contribution in [3.8, 4) is 5.75 Å². The lowest BCUT2D eigenvalue weighted by atomic mass is 9.96. The summed E-state index contributed by atoms with van der Waals surface area (Å²) in [5.41, 5.74) is 12.5. The molecule has 0 heterocycles. The van der Waals surface area contributed by atoms with Gasteiger partial charge in [0.15, 0.2) is 0 Å². The molecule has 21 heavy (non-hydrogen) atoms. The van der Waals surface area contributed by atoms with Crippen LogP contribution in [0, 0.1) is 6.92 Å². The number of carbonyl (C=O) groups excluding carboxylic acids is 2. The van der Waals surface area contributed by atoms with Gasteiger partial charge in [0.1, 0.15) is 5.75 Å². The maximum atomic E-state index is 12.1. The second kappa shape index (κ2) is 5.32. The van der Waals surface area contributed by atoms with Crippen molar-refractivity contribution >= 4 is 33.9 Å². The first-order chi connectivity index (χ1) is 9.86. The second-order valence-corrected chi connectivity index (χ2v) is 4.67. The van der Waals surface area contributed by atoms with Crippen molar-refractivity contribution in [2.45, 2.75) is 13.8 Å². The number of phenolic OH excluding ortho intramolecular Hbond substituents is 1. The van der Waals surface area contributed by atoms with Crippen LogP contribution in [-0.4, -0.2) is 23.5 Å². The molecule has 2 rings (SSSR count). The van der Waals surface area contributed by atoms with Crippen molar-refractivity contribution in [2.24, 2.45) is 0 Å². The highest BCUT2D eigenvalue weighted by molar-refractivity contribution is 6.42. The van der Waals surface area contributed by atoms with Gasteiger partial charge >= 0.3 is 5.97 Å². The predicted octanol–water partition coefficient (Wildman–Crippen LogP) is 1.76. The monoisotopic (exact) mass is 288 g/mol. The van der Waals surface area contributed by atoms with Gasteiger partial charge in [-0.15, -0.1) is 0 Å². The topological polar surface area (TPSA) is 116 Å². The van der Waals surface area contributed by atoms with Gasteiger partial charge in [0.2, 0.25) is 0 Å². The van der Waals surface area contributed by atoms with Crippen molar-refractivity contribution in [1.29, 1.82) is 0 Å². The lowest BCUT2D eigenvalue weighted by Crippen LogP contribution is -2.18. The number of carbonyl (C=O) groups is 2. The first-order valence-electron chi connectivity index (χ1n) is 6.39. The number of ketones is 1. The van der Waals surface area contributed by atoms with Crippen LogP contribution in [0.15, 0.2) is 18.2 Å². The van der Waals surface area contributed by atoms with E-state index in [1.807, 2.05) is 0 Å². The standard InChI is InChI=1S/C15H16N2O4/c1-3-21-15(20)14(19)12-7(2)4-8-5-10(16)11(17)6-9(8)13(12)18/h4-6,18H,3,16-17H2,1-2H3. The molecule has 5 N–H and O–H groups in total. The molecule has 0 aliphatic heterocycles. The van der Waals surface area contributed by atoms with Crippen molar-refractivity contribution in [3.05, 3.63) is 29.3 Å². The van der Waals surface area contributed by atoms with Gasteiger partial charge in [-0.05, 0) is 36.9 Å². The summed E-state index contributed by atoms with van der Waals surface area (Å²) < 4.78 is 4.68. The molecule has 0 radical (unpaired) electrons. The molecule has 0 amide bonds. The smallest absolute Gasteiger partial charge is 0.379 e. The molecule has 0 bridgehead atoms. The number of benzene rings is 2. The van der Waals surface area contributed by atoms with Gasteiger partial charge in [-0.3, -0.25) is 4.79 Å². The van der Waals surface area contributed by atoms with Crippen molar-refractivity contribution in [2.75, 3.05) is 18.1 Å². The van der Waals surface area contributed by atoms with E-state index >= 15 is 0 Å². The van der Waals surface area contributed by atoms with E-state index in [0.717, 1.165) is 0 Å². The summed E-state index contributed by atoms with van der Waals surface area (Å²) in [5, 5.41) is 11.3. The van der Waals surface area contributed by atoms with Gasteiger partial charge < -0.3 is 21.3 Å². The number of nitrogens with two attached hydrogens (primary N) is 2. The number of aryl methyl sites for hydroxylation is 1. The van der Waals surface area contributed by atoms with Crippen LogP contribution in [0.2, 0.25) is 0 Å². The van der Waals surface area contributed by atoms with E-state index < -0.39 is 11.8 Å². The van der Waals surface area contributed by atoms with E-state index in [0.29, 0.717) is 22.0 Å². The summed E-state index contributed by atoms with van der Waals surface area (Å²) in [4.78, 5) is 23.7. The Morgan fingerprint density at radius 3 is 2.43 bits per heavy atom. The highest BCUT2D eigenvalue weighted by Crippen LogP contribution is 2.35. The average molecular weight is 288 g/mol. The fourth-order valence-corrected chi connectivity index (χ4v) is 2.19. The van der Waals surface area contributed by atoms with E-state index in [2.05, 4.69) is 4.74 Å². The van der Waals surface area contributed by atoms with Crippen molar-refractivity contribution in [3.63, 3.8) is 0 Å². The van der Waals surface area contributed by atoms with Gasteiger partial charge in [-0.1, -0.05) is 6.07 Å². The Kier molecular flexibility index (Phi) is 3.71. The number of hydrogen-bond donors (Lipinski definition) is 3. The number of ether oxygens (including phenoxy) is 1. The zero-order valence-electron chi connectivity index (χ0n) is 11.8. The summed E-state index contributed by atoms with van der Waals surface area (Å²) in [7, 11) is 0. The Balaban J connectivity index is 2.68. The fraction of sp³-hybridized carbons (Fsp3) is 0.200. The highest BCUT2D eigenvalue weighted by Gasteiger charge is 2.25. The van der Waals surface area contributed by atoms with Gasteiger partial charge in [-0.25, -0.2) is 4.79 Å². The fourth-order valence-electron chi connectivity index (χ4n) is 2.19. The normalized spacial score (nSPS) is 10.6. The molecule has 2 aromatic carbocycles. The van der Waals surface area contributed by atoms with Crippen LogP contribution < -0.4 is 11.5 Å². The predicted molar refractivity (Wildman–Crippen MR) is 80.1 cm³/mol. The number of hydrogen-bond acceptors (Lipinski definition) is 6. The average Bonchev–Trinajstić information content (AvgIpc) is 2.41. The summed E-state index contributed by atoms with van der Waals surface area (Å²) >= 11 is 0. The van der Waals surface area contributed by atoms with Crippen LogP contribution in [0.25, 0.3) is 10.8 Å². The van der Waals surface area contributed by atoms with Gasteiger partial charge in [0.25, 0.3) is 5.78 Å². The number of rotatable bonds is 3. The number of esters is 1. The maximum Gasteiger partial charge on any atom is 0.379 e. The molecule has 0 saturated heterocycles. The Hall–Kier alpha value is -2.76. The Morgan fingerprint density at radius 1 is 1.19 bits per heavy atom. The zero-order chi connectivity index (χ0) is 15.7. The molecule has 0 atom stereocenters. The minimum Gasteiger partial charge on any atom is -0.507 e. The Bertz CT molecular complexity index is 753. The summed E-state index contributed by atoms with van der Waals surface area (Å²) in [6, 6.07) is 4.74. The number of fused-ring (bicyclic) bond motifs is 1. The zero-order valence-corrected chi connectivity index (χ0v) is 11.8. The van der Waals surface area contributed by atoms with Gasteiger partial charge in [0, 0.05) is 5.39 Å². The first-order valence-corrected chi connectivity index (χ1v) is 6.39. The third-order valence-corrected chi connectivity index (χ3v) is 3.20. The molecular formula is C15H16N2O4. The number of Topliss-reactive ketones (excluding diaryl/α,β-unsaturated/α-hetero) is 1. The number of nitrogen functional groups attached to an aromatic ring is 2. The maximum absolute atomic E-state index is 12.1. The SMILES string of the molecule is CCOC(=O)C(=O)c1c(C)cc2cc(N)c(N)cc2c1O. The minimum absolute atomic E-state index is 0.0786. The molecule has 0 aromatic heterocycles. The molecule has 0 aliphatic carbocycles. The van der Waals surface area contributed by atoms with Crippen LogP contribution in [0.5, 0.6) is 5.75 Å². The molecule has 2 aromatic rings. The van der Waals surface area contributed by atoms with Crippen molar-refractivity contribution < 1.29 is 19.4 Å². The van der Waals surface area contributed by atoms with Gasteiger partial charge in [0.05, 0.1) is 23.5 Å². The molecule has 0 unspecified atom stereocenters. The van der Waals surface area contributed by atoms with Crippen LogP contribution in [0.1, 0.15) is 22.8 Å². The van der Waals surface area contributed by atoms with E-state index in [9.17, 15) is 14.7 Å². The quantitative estimate of drug-likeness (QED) is 0.343. The molecule has 0 aliphatic rings. The van der Waals surface area contributed by atoms with Crippen LogP contribution in [0.4, 0.5) is 11.4 Å². The highest BCUT2D eigenvalue weighted by atomic mass is 16.5. The number of aromatic hydroxyl groups is 1. The summed E-state index contributed by atoms with van der Waals surface area (Å²) in [5.74, 6) is -2.18. The largest absolute Gasteiger partial charge is 0.507 e. The van der Waals surface area contributed by atoms with E-state index in [-0.39, 0.29) is 23.6 Å². The molecule has 0 spiro atoms. The summed E-state index contributed by atoms with van der Waals surface area (Å²) in [6.45, 7) is 3.31. The number of anilines is 2. The van der Waals surface area contributed by atoms with E-state index in [1.54, 1.807) is 26.0 Å². The van der Waals surface area contributed by atoms with Crippen molar-refractivity contribution in [1.82, 2.24) is 0 Å². The molecule has 6 nitrogen and oxygen atoms in total. The third kappa shape index (κ3) is 2.47. The van der Waals surface area contributed by atoms with Gasteiger partial charge in [-0.2, -0.15) is 0 Å². The van der Waals surface area contributed by atoms with E-state index in [4.69, 9.17) is 11.5 Å². The minimum atomic E-state index is -1.00. The molecule has 110 valence electrons. The van der Waals surface area contributed by atoms with Crippen LogP contribution >= 0.6 is 0 Å². The van der Waals surface area contributed by atoms with E-state index in [1.165, 1.54) is 6.07 Å². The van der Waals surface area contributed by atoms with Crippen LogP contribution in [-0.2, 0) is 9.53 Å². The molecule has 0 saturated carbocycles. The Labute approximate surface area is 121 Å². The molecule has 0 fully saturated rings. The Morgan fingerprint density at radius 2 is 1.81 bits per heavy atom. The lowest BCUT2D eigenvalue weighted by Gasteiger charge is -2.12. The second-order valence-electron chi connectivity index (χ2n) is 4.67. The first kappa shape index (κ1) is 14.6. The summed E-state index contributed by atoms with van der Waals surface area (Å²) in [6.07, 6.45) is 0. The lowest BCUT2D eigenvalue weighted by molar-refractivity contribution is -0.137. The number of phenols is 1. The molecular weight excluding hydrogens is 272 g/mol. The third-order valence-electron chi connectivity index (χ3n) is 3.20.